The summed E-state index contributed by atoms with van der Waals surface area (Å²) in [5.41, 5.74) is 0.446. The van der Waals surface area contributed by atoms with Crippen LogP contribution in [0.4, 0.5) is 0 Å². The second-order valence-electron chi connectivity index (χ2n) is 13.2. The predicted octanol–water partition coefficient (Wildman–Crippen LogP) is 1.65. The van der Waals surface area contributed by atoms with Gasteiger partial charge in [0.1, 0.15) is 18.3 Å². The molecule has 0 aromatic carbocycles. The van der Waals surface area contributed by atoms with Crippen LogP contribution in [0.5, 0.6) is 0 Å². The maximum atomic E-state index is 13.5. The first-order valence-electron chi connectivity index (χ1n) is 17.2. The number of H-pyrrole nitrogens is 1. The van der Waals surface area contributed by atoms with Crippen LogP contribution in [0.25, 0.3) is 0 Å². The van der Waals surface area contributed by atoms with Gasteiger partial charge in [-0.15, -0.1) is 0 Å². The van der Waals surface area contributed by atoms with Gasteiger partial charge in [0.2, 0.25) is 17.7 Å². The number of aliphatic hydroxyl groups is 1. The predicted molar refractivity (Wildman–Crippen MR) is 178 cm³/mol. The zero-order valence-electron chi connectivity index (χ0n) is 28.9. The minimum Gasteiger partial charge on any atom is -0.376 e. The van der Waals surface area contributed by atoms with E-state index in [-0.39, 0.29) is 35.6 Å². The molecule has 7 atom stereocenters. The molecule has 260 valence electrons. The van der Waals surface area contributed by atoms with E-state index in [2.05, 4.69) is 50.7 Å². The molecule has 46 heavy (non-hydrogen) atoms. The smallest absolute Gasteiger partial charge is 0.252 e. The summed E-state index contributed by atoms with van der Waals surface area (Å²) < 4.78 is 0. The first-order valence-corrected chi connectivity index (χ1v) is 17.2. The number of hydrogen-bond donors (Lipinski definition) is 7. The van der Waals surface area contributed by atoms with Crippen molar-refractivity contribution in [1.82, 2.24) is 31.9 Å². The van der Waals surface area contributed by atoms with Gasteiger partial charge in [0.05, 0.1) is 17.6 Å². The Morgan fingerprint density at radius 1 is 0.935 bits per heavy atom. The van der Waals surface area contributed by atoms with Gasteiger partial charge in [-0.1, -0.05) is 60.3 Å². The molecule has 0 aliphatic heterocycles. The van der Waals surface area contributed by atoms with Crippen molar-refractivity contribution in [3.8, 4) is 0 Å². The van der Waals surface area contributed by atoms with Crippen LogP contribution in [-0.2, 0) is 14.4 Å². The summed E-state index contributed by atoms with van der Waals surface area (Å²) in [5, 5.41) is 29.5. The van der Waals surface area contributed by atoms with Gasteiger partial charge in [0.25, 0.3) is 5.91 Å². The Hall–Kier alpha value is -3.09. The van der Waals surface area contributed by atoms with Gasteiger partial charge in [-0.25, -0.2) is 4.98 Å². The molecule has 8 N–H and O–H groups in total. The number of nitrogens with one attached hydrogen (secondary N) is 7. The van der Waals surface area contributed by atoms with Crippen LogP contribution < -0.4 is 36.9 Å². The first kappa shape index (κ1) is 39.1. The van der Waals surface area contributed by atoms with E-state index in [4.69, 9.17) is 0 Å². The van der Waals surface area contributed by atoms with E-state index in [0.29, 0.717) is 56.2 Å². The highest BCUT2D eigenvalue weighted by molar-refractivity contribution is 5.97. The lowest BCUT2D eigenvalue weighted by Crippen LogP contribution is -2.59. The van der Waals surface area contributed by atoms with Gasteiger partial charge in [-0.05, 0) is 50.9 Å². The van der Waals surface area contributed by atoms with Crippen LogP contribution in [0.3, 0.4) is 0 Å². The molecule has 1 aromatic heterocycles. The molecule has 12 nitrogen and oxygen atoms in total. The largest absolute Gasteiger partial charge is 0.376 e. The number of carbonyl (C=O) groups excluding carboxylic acids is 4. The molecule has 1 saturated carbocycles. The van der Waals surface area contributed by atoms with Crippen molar-refractivity contribution >= 4 is 23.6 Å². The van der Waals surface area contributed by atoms with Crippen LogP contribution in [0.2, 0.25) is 0 Å². The Kier molecular flexibility index (Phi) is 17.2. The van der Waals surface area contributed by atoms with Crippen LogP contribution in [0.15, 0.2) is 24.5 Å². The fourth-order valence-electron chi connectivity index (χ4n) is 5.42. The molecular weight excluding hydrogens is 586 g/mol. The summed E-state index contributed by atoms with van der Waals surface area (Å²) in [4.78, 5) is 54.9. The number of hydrogen-bond acceptors (Lipinski definition) is 7. The minimum atomic E-state index is -1.06. The van der Waals surface area contributed by atoms with Crippen molar-refractivity contribution in [3.05, 3.63) is 30.1 Å². The number of aliphatic hydroxyl groups excluding tert-OH is 1. The summed E-state index contributed by atoms with van der Waals surface area (Å²) in [7, 11) is 0. The quantitative estimate of drug-likeness (QED) is 0.0938. The molecule has 4 amide bonds. The lowest BCUT2D eigenvalue weighted by atomic mass is 9.97. The number of aromatic nitrogens is 1. The average molecular weight is 647 g/mol. The zero-order chi connectivity index (χ0) is 34.2. The minimum absolute atomic E-state index is 0.131. The molecule has 1 unspecified atom stereocenters. The summed E-state index contributed by atoms with van der Waals surface area (Å²) in [6, 6.07) is 0.622. The van der Waals surface area contributed by atoms with E-state index in [1.54, 1.807) is 31.5 Å². The third-order valence-electron chi connectivity index (χ3n) is 8.55. The number of amides is 4. The Morgan fingerprint density at radius 2 is 1.61 bits per heavy atom. The van der Waals surface area contributed by atoms with Gasteiger partial charge in [-0.3, -0.25) is 24.5 Å². The molecule has 1 aliphatic rings. The Labute approximate surface area is 275 Å². The Balaban J connectivity index is 2.04. The van der Waals surface area contributed by atoms with Crippen molar-refractivity contribution < 1.29 is 29.3 Å². The molecule has 12 heteroatoms. The van der Waals surface area contributed by atoms with E-state index in [1.165, 1.54) is 0 Å². The molecule has 0 bridgehead atoms. The van der Waals surface area contributed by atoms with E-state index in [1.807, 2.05) is 27.7 Å². The van der Waals surface area contributed by atoms with Gasteiger partial charge >= 0.3 is 0 Å². The summed E-state index contributed by atoms with van der Waals surface area (Å²) in [6.45, 7) is 14.6. The molecule has 1 fully saturated rings. The maximum absolute atomic E-state index is 13.5. The highest BCUT2D eigenvalue weighted by Crippen LogP contribution is 2.33. The van der Waals surface area contributed by atoms with Crippen molar-refractivity contribution in [2.75, 3.05) is 13.1 Å². The second kappa shape index (κ2) is 20.2. The van der Waals surface area contributed by atoms with Crippen LogP contribution >= 0.6 is 0 Å². The average Bonchev–Trinajstić information content (AvgIpc) is 3.85. The summed E-state index contributed by atoms with van der Waals surface area (Å²) in [6.07, 6.45) is 7.71. The Bertz CT molecular complexity index is 1080. The van der Waals surface area contributed by atoms with Crippen molar-refractivity contribution in [1.29, 1.82) is 0 Å². The summed E-state index contributed by atoms with van der Waals surface area (Å²) >= 11 is 0. The van der Waals surface area contributed by atoms with Crippen LogP contribution in [0, 0.1) is 17.8 Å². The standard InChI is InChI=1S/C34H59N7O5/c1-8-11-27(39-34(46)29(22(6)9-2)41-31(43)25-14-16-35-17-15-25)33(45)38-26(18-21(4)5)20-37-23(7)30(42)40-28(19-24-12-13-24)32(44)36-10-3/h14-17,21-24,26-29,33,37-38,45H,8-13,18-20H2,1-7H3,(H,36,44)(H,39,46)(H,40,42)(H,41,43)/p+1/t22-,23-,26-,27-,28-,29-,33?/m0/s1. The van der Waals surface area contributed by atoms with Gasteiger partial charge in [0.15, 0.2) is 12.4 Å². The highest BCUT2D eigenvalue weighted by atomic mass is 16.3. The second-order valence-corrected chi connectivity index (χ2v) is 13.2. The molecule has 0 spiro atoms. The highest BCUT2D eigenvalue weighted by Gasteiger charge is 2.33. The van der Waals surface area contributed by atoms with Crippen LogP contribution in [0.1, 0.15) is 104 Å². The topological polar surface area (TPSA) is 175 Å². The summed E-state index contributed by atoms with van der Waals surface area (Å²) in [5.74, 6) is -0.440. The molecule has 0 radical (unpaired) electrons. The third-order valence-corrected chi connectivity index (χ3v) is 8.55. The number of pyridine rings is 1. The Morgan fingerprint density at radius 3 is 2.17 bits per heavy atom. The van der Waals surface area contributed by atoms with E-state index >= 15 is 0 Å². The van der Waals surface area contributed by atoms with Gasteiger partial charge in [-0.2, -0.15) is 0 Å². The third kappa shape index (κ3) is 13.7. The molecule has 2 rings (SSSR count). The molecule has 1 aromatic rings. The van der Waals surface area contributed by atoms with Crippen LogP contribution in [-0.4, -0.2) is 78.3 Å². The van der Waals surface area contributed by atoms with Crippen molar-refractivity contribution in [2.24, 2.45) is 17.8 Å². The normalized spacial score (nSPS) is 17.6. The number of carbonyl (C=O) groups is 4. The fourth-order valence-corrected chi connectivity index (χ4v) is 5.42. The van der Waals surface area contributed by atoms with Gasteiger partial charge < -0.3 is 31.7 Å². The van der Waals surface area contributed by atoms with E-state index < -0.39 is 30.4 Å². The van der Waals surface area contributed by atoms with Crippen molar-refractivity contribution in [2.45, 2.75) is 130 Å². The van der Waals surface area contributed by atoms with Crippen molar-refractivity contribution in [3.63, 3.8) is 0 Å². The lowest BCUT2D eigenvalue weighted by Gasteiger charge is -2.32. The zero-order valence-corrected chi connectivity index (χ0v) is 28.9. The lowest BCUT2D eigenvalue weighted by molar-refractivity contribution is -0.378. The van der Waals surface area contributed by atoms with Gasteiger partial charge in [0, 0.05) is 31.3 Å². The number of likely N-dealkylation sites (N-methyl/N-ethyl adjacent to an activating group) is 1. The number of rotatable bonds is 22. The van der Waals surface area contributed by atoms with E-state index in [0.717, 1.165) is 19.3 Å². The SMILES string of the molecule is CCC[C@H](NC(=O)[C@@H](NC(=O)c1cc[nH+]cc1)[C@@H](C)CC)C(O)N[C@H](CN[C@@H](C)C(=O)N[C@@H](CC1CC1)C(=O)NCC)CC(C)C. The molecule has 0 saturated heterocycles. The molecular formula is C34H60N7O5+. The monoisotopic (exact) mass is 646 g/mol. The first-order chi connectivity index (χ1) is 21.9. The maximum Gasteiger partial charge on any atom is 0.252 e. The van der Waals surface area contributed by atoms with E-state index in [9.17, 15) is 24.3 Å². The fraction of sp³-hybridized carbons (Fsp3) is 0.735. The molecule has 1 heterocycles. The molecule has 1 aliphatic carbocycles. The number of aromatic amines is 1.